The normalized spacial score (nSPS) is 11.9. The van der Waals surface area contributed by atoms with Crippen molar-refractivity contribution in [2.45, 2.75) is 52.6 Å². The Bertz CT molecular complexity index is 1200. The molecule has 196 valence electrons. The predicted molar refractivity (Wildman–Crippen MR) is 137 cm³/mol. The number of pyridine rings is 1. The Morgan fingerprint density at radius 1 is 1.22 bits per heavy atom. The van der Waals surface area contributed by atoms with E-state index in [9.17, 15) is 17.6 Å². The van der Waals surface area contributed by atoms with E-state index in [4.69, 9.17) is 17.3 Å². The van der Waals surface area contributed by atoms with Gasteiger partial charge in [0.25, 0.3) is 0 Å². The lowest BCUT2D eigenvalue weighted by Crippen LogP contribution is -2.20. The number of halogens is 5. The number of nitrogens with one attached hydrogen (secondary N) is 1. The van der Waals surface area contributed by atoms with Gasteiger partial charge in [-0.25, -0.2) is 19.4 Å². The average Bonchev–Trinajstić information content (AvgIpc) is 3.13. The standard InChI is InChI=1S/C17H17ClF4N4.C8H14N2/c1-9-6-8-25-15(18)13(9)26-16(23)12-10(5-7-17(20,21)22)3-4-11(19)14(12)24-2;1-6(2)8-9-7(3)5-10(8)4/h3-4,6,8,24H,5,7H2,1-2H3,(H2,23,26);5-6H,1-4H3. The van der Waals surface area contributed by atoms with Crippen LogP contribution in [0.25, 0.3) is 0 Å². The molecule has 2 heterocycles. The molecule has 0 aliphatic rings. The van der Waals surface area contributed by atoms with Crippen LogP contribution in [-0.2, 0) is 13.5 Å². The number of alkyl halides is 3. The predicted octanol–water partition coefficient (Wildman–Crippen LogP) is 6.61. The molecule has 6 nitrogen and oxygen atoms in total. The number of nitrogens with zero attached hydrogens (tertiary/aromatic N) is 4. The molecule has 0 saturated carbocycles. The van der Waals surface area contributed by atoms with Crippen LogP contribution in [0.2, 0.25) is 5.15 Å². The van der Waals surface area contributed by atoms with Crippen LogP contribution in [0.3, 0.4) is 0 Å². The fraction of sp³-hybridized carbons (Fsp3) is 0.400. The van der Waals surface area contributed by atoms with Gasteiger partial charge in [-0.2, -0.15) is 13.2 Å². The Morgan fingerprint density at radius 2 is 1.89 bits per heavy atom. The Morgan fingerprint density at radius 3 is 2.36 bits per heavy atom. The maximum Gasteiger partial charge on any atom is 0.389 e. The highest BCUT2D eigenvalue weighted by Crippen LogP contribution is 2.31. The molecule has 11 heteroatoms. The number of aromatic nitrogens is 3. The highest BCUT2D eigenvalue weighted by molar-refractivity contribution is 6.32. The molecule has 0 saturated heterocycles. The fourth-order valence-corrected chi connectivity index (χ4v) is 3.89. The van der Waals surface area contributed by atoms with Crippen LogP contribution in [0.1, 0.15) is 54.4 Å². The van der Waals surface area contributed by atoms with E-state index in [1.807, 2.05) is 14.0 Å². The summed E-state index contributed by atoms with van der Waals surface area (Å²) in [7, 11) is 3.49. The van der Waals surface area contributed by atoms with Crippen molar-refractivity contribution in [3.05, 3.63) is 69.8 Å². The number of hydrogen-bond donors (Lipinski definition) is 2. The highest BCUT2D eigenvalue weighted by Gasteiger charge is 2.28. The molecule has 3 rings (SSSR count). The first-order valence-corrected chi connectivity index (χ1v) is 11.6. The van der Waals surface area contributed by atoms with E-state index in [2.05, 4.69) is 44.9 Å². The van der Waals surface area contributed by atoms with Gasteiger partial charge in [0.2, 0.25) is 0 Å². The molecule has 36 heavy (non-hydrogen) atoms. The smallest absolute Gasteiger partial charge is 0.385 e. The molecule has 0 atom stereocenters. The summed E-state index contributed by atoms with van der Waals surface area (Å²) in [5.74, 6) is 0.894. The van der Waals surface area contributed by atoms with Gasteiger partial charge in [0.1, 0.15) is 23.2 Å². The van der Waals surface area contributed by atoms with Crippen molar-refractivity contribution >= 4 is 28.8 Å². The van der Waals surface area contributed by atoms with Gasteiger partial charge in [-0.15, -0.1) is 0 Å². The molecule has 0 bridgehead atoms. The van der Waals surface area contributed by atoms with Crippen LogP contribution >= 0.6 is 11.6 Å². The van der Waals surface area contributed by atoms with Crippen molar-refractivity contribution in [2.75, 3.05) is 12.4 Å². The highest BCUT2D eigenvalue weighted by atomic mass is 35.5. The number of amidine groups is 1. The Hall–Kier alpha value is -3.14. The summed E-state index contributed by atoms with van der Waals surface area (Å²) in [6, 6.07) is 4.03. The minimum atomic E-state index is -4.35. The Kier molecular flexibility index (Phi) is 9.86. The minimum Gasteiger partial charge on any atom is -0.385 e. The Balaban J connectivity index is 0.000000380. The Labute approximate surface area is 213 Å². The number of imidazole rings is 1. The van der Waals surface area contributed by atoms with Gasteiger partial charge in [-0.05, 0) is 43.5 Å². The molecule has 0 radical (unpaired) electrons. The lowest BCUT2D eigenvalue weighted by molar-refractivity contribution is -0.134. The molecular formula is C25H31ClF4N6. The zero-order valence-corrected chi connectivity index (χ0v) is 21.9. The zero-order valence-electron chi connectivity index (χ0n) is 21.1. The summed E-state index contributed by atoms with van der Waals surface area (Å²) in [4.78, 5) is 12.5. The zero-order chi connectivity index (χ0) is 27.2. The third-order valence-electron chi connectivity index (χ3n) is 5.29. The SMILES string of the molecule is CNc1c(F)ccc(CCC(F)(F)F)c1C(N)=Nc1c(C)ccnc1Cl.Cc1cn(C)c(C(C)C)n1. The van der Waals surface area contributed by atoms with E-state index in [-0.39, 0.29) is 39.9 Å². The van der Waals surface area contributed by atoms with Gasteiger partial charge in [0.15, 0.2) is 5.15 Å². The third kappa shape index (κ3) is 7.68. The third-order valence-corrected chi connectivity index (χ3v) is 5.56. The summed E-state index contributed by atoms with van der Waals surface area (Å²) in [5, 5.41) is 2.72. The van der Waals surface area contributed by atoms with Gasteiger partial charge in [-0.1, -0.05) is 31.5 Å². The van der Waals surface area contributed by atoms with Crippen molar-refractivity contribution in [1.82, 2.24) is 14.5 Å². The topological polar surface area (TPSA) is 81.1 Å². The molecule has 0 aliphatic heterocycles. The second-order valence-electron chi connectivity index (χ2n) is 8.59. The number of nitrogens with two attached hydrogens (primary N) is 1. The molecule has 1 aromatic carbocycles. The second-order valence-corrected chi connectivity index (χ2v) is 8.95. The average molecular weight is 527 g/mol. The molecule has 2 aromatic heterocycles. The first-order valence-electron chi connectivity index (χ1n) is 11.3. The number of benzene rings is 1. The quantitative estimate of drug-likeness (QED) is 0.164. The molecule has 3 N–H and O–H groups in total. The largest absolute Gasteiger partial charge is 0.389 e. The lowest BCUT2D eigenvalue weighted by Gasteiger charge is -2.16. The van der Waals surface area contributed by atoms with E-state index in [1.54, 1.807) is 13.0 Å². The van der Waals surface area contributed by atoms with Crippen molar-refractivity contribution in [1.29, 1.82) is 0 Å². The summed E-state index contributed by atoms with van der Waals surface area (Å²) in [5.41, 5.74) is 8.36. The second kappa shape index (κ2) is 12.2. The minimum absolute atomic E-state index is 0.0245. The molecule has 0 amide bonds. The number of rotatable bonds is 6. The molecule has 0 fully saturated rings. The molecular weight excluding hydrogens is 496 g/mol. The number of anilines is 1. The monoisotopic (exact) mass is 526 g/mol. The number of hydrogen-bond acceptors (Lipinski definition) is 4. The van der Waals surface area contributed by atoms with Crippen LogP contribution in [0.5, 0.6) is 0 Å². The van der Waals surface area contributed by atoms with E-state index >= 15 is 0 Å². The van der Waals surface area contributed by atoms with Gasteiger partial charge in [0.05, 0.1) is 11.4 Å². The van der Waals surface area contributed by atoms with Crippen LogP contribution in [0.15, 0.2) is 35.6 Å². The first kappa shape index (κ1) is 29.1. The van der Waals surface area contributed by atoms with E-state index in [0.717, 1.165) is 17.6 Å². The van der Waals surface area contributed by atoms with Crippen LogP contribution in [-0.4, -0.2) is 33.6 Å². The van der Waals surface area contributed by atoms with Gasteiger partial charge < -0.3 is 15.6 Å². The van der Waals surface area contributed by atoms with Crippen molar-refractivity contribution in [2.24, 2.45) is 17.8 Å². The van der Waals surface area contributed by atoms with E-state index < -0.39 is 18.4 Å². The first-order chi connectivity index (χ1) is 16.7. The molecule has 3 aromatic rings. The van der Waals surface area contributed by atoms with Crippen molar-refractivity contribution < 1.29 is 17.6 Å². The number of aliphatic imine (C=N–C) groups is 1. The van der Waals surface area contributed by atoms with Gasteiger partial charge in [-0.3, -0.25) is 0 Å². The maximum atomic E-state index is 14.1. The van der Waals surface area contributed by atoms with Crippen LogP contribution < -0.4 is 11.1 Å². The summed E-state index contributed by atoms with van der Waals surface area (Å²) < 4.78 is 54.0. The molecule has 0 unspecified atom stereocenters. The number of aryl methyl sites for hydroxylation is 4. The van der Waals surface area contributed by atoms with Gasteiger partial charge >= 0.3 is 6.18 Å². The molecule has 0 spiro atoms. The maximum absolute atomic E-state index is 14.1. The van der Waals surface area contributed by atoms with Crippen molar-refractivity contribution in [3.63, 3.8) is 0 Å². The van der Waals surface area contributed by atoms with Crippen LogP contribution in [0, 0.1) is 19.7 Å². The summed E-state index contributed by atoms with van der Waals surface area (Å²) in [6.07, 6.45) is -2.22. The van der Waals surface area contributed by atoms with Crippen LogP contribution in [0.4, 0.5) is 28.9 Å². The van der Waals surface area contributed by atoms with E-state index in [0.29, 0.717) is 11.5 Å². The lowest BCUT2D eigenvalue weighted by atomic mass is 9.99. The summed E-state index contributed by atoms with van der Waals surface area (Å²) in [6.45, 7) is 8.06. The molecule has 0 aliphatic carbocycles. The van der Waals surface area contributed by atoms with E-state index in [1.165, 1.54) is 19.3 Å². The fourth-order valence-electron chi connectivity index (χ4n) is 3.64. The van der Waals surface area contributed by atoms with Gasteiger partial charge in [0, 0.05) is 44.4 Å². The van der Waals surface area contributed by atoms with Crippen molar-refractivity contribution in [3.8, 4) is 0 Å². The summed E-state index contributed by atoms with van der Waals surface area (Å²) >= 11 is 6.01.